The van der Waals surface area contributed by atoms with Gasteiger partial charge in [-0.3, -0.25) is 4.79 Å². The molecule has 1 amide bonds. The van der Waals surface area contributed by atoms with E-state index in [0.717, 1.165) is 23.1 Å². The lowest BCUT2D eigenvalue weighted by molar-refractivity contribution is -0.150. The normalized spacial score (nSPS) is 18.7. The third kappa shape index (κ3) is 1.90. The Labute approximate surface area is 99.9 Å². The zero-order valence-electron chi connectivity index (χ0n) is 9.93. The maximum atomic E-state index is 11.5. The van der Waals surface area contributed by atoms with Crippen LogP contribution in [0.4, 0.5) is 0 Å². The van der Waals surface area contributed by atoms with Crippen molar-refractivity contribution in [1.29, 1.82) is 0 Å². The summed E-state index contributed by atoms with van der Waals surface area (Å²) in [7, 11) is 0. The van der Waals surface area contributed by atoms with E-state index in [1.807, 2.05) is 19.1 Å². The van der Waals surface area contributed by atoms with Gasteiger partial charge >= 0.3 is 5.97 Å². The van der Waals surface area contributed by atoms with Crippen molar-refractivity contribution >= 4 is 11.9 Å². The fourth-order valence-electron chi connectivity index (χ4n) is 2.46. The van der Waals surface area contributed by atoms with Gasteiger partial charge in [0, 0.05) is 13.5 Å². The molecule has 0 radical (unpaired) electrons. The standard InChI is InChI=1S/C13H15NO3/c1-8-4-3-5-11-10(8)6-7-14(9(2)15)12(11)13(16)17/h3-5,12H,6-7H2,1-2H3,(H,16,17). The number of benzene rings is 1. The molecule has 1 atom stereocenters. The molecule has 1 aromatic carbocycles. The van der Waals surface area contributed by atoms with Crippen molar-refractivity contribution in [2.75, 3.05) is 6.54 Å². The van der Waals surface area contributed by atoms with E-state index in [2.05, 4.69) is 0 Å². The molecule has 17 heavy (non-hydrogen) atoms. The summed E-state index contributed by atoms with van der Waals surface area (Å²) in [5.74, 6) is -1.16. The van der Waals surface area contributed by atoms with Crippen molar-refractivity contribution in [1.82, 2.24) is 4.90 Å². The Bertz CT molecular complexity index is 482. The van der Waals surface area contributed by atoms with Crippen LogP contribution in [0.1, 0.15) is 29.7 Å². The number of carboxylic acid groups (broad SMARTS) is 1. The first-order valence-corrected chi connectivity index (χ1v) is 5.60. The molecule has 0 fully saturated rings. The highest BCUT2D eigenvalue weighted by Crippen LogP contribution is 2.31. The number of rotatable bonds is 1. The molecule has 90 valence electrons. The van der Waals surface area contributed by atoms with Crippen LogP contribution in [-0.2, 0) is 16.0 Å². The van der Waals surface area contributed by atoms with Crippen LogP contribution >= 0.6 is 0 Å². The molecule has 1 unspecified atom stereocenters. The van der Waals surface area contributed by atoms with Gasteiger partial charge in [-0.1, -0.05) is 18.2 Å². The molecule has 0 saturated carbocycles. The van der Waals surface area contributed by atoms with Crippen molar-refractivity contribution in [3.05, 3.63) is 34.9 Å². The Hall–Kier alpha value is -1.84. The minimum Gasteiger partial charge on any atom is -0.479 e. The minimum atomic E-state index is -0.966. The second-order valence-electron chi connectivity index (χ2n) is 4.35. The maximum absolute atomic E-state index is 11.5. The van der Waals surface area contributed by atoms with Crippen LogP contribution in [0, 0.1) is 6.92 Å². The number of nitrogens with zero attached hydrogens (tertiary/aromatic N) is 1. The van der Waals surface area contributed by atoms with Gasteiger partial charge in [0.2, 0.25) is 5.91 Å². The van der Waals surface area contributed by atoms with Gasteiger partial charge in [-0.25, -0.2) is 4.79 Å². The second kappa shape index (κ2) is 4.20. The monoisotopic (exact) mass is 233 g/mol. The first kappa shape index (κ1) is 11.6. The van der Waals surface area contributed by atoms with Gasteiger partial charge in [-0.15, -0.1) is 0 Å². The Morgan fingerprint density at radius 1 is 1.41 bits per heavy atom. The molecule has 2 rings (SSSR count). The van der Waals surface area contributed by atoms with Gasteiger partial charge in [-0.2, -0.15) is 0 Å². The number of hydrogen-bond donors (Lipinski definition) is 1. The summed E-state index contributed by atoms with van der Waals surface area (Å²) in [6.07, 6.45) is 0.728. The lowest BCUT2D eigenvalue weighted by atomic mass is 9.89. The SMILES string of the molecule is CC(=O)N1CCc2c(C)cccc2C1C(=O)O. The summed E-state index contributed by atoms with van der Waals surface area (Å²) < 4.78 is 0. The van der Waals surface area contributed by atoms with Gasteiger partial charge in [0.1, 0.15) is 0 Å². The predicted molar refractivity (Wildman–Crippen MR) is 62.6 cm³/mol. The Morgan fingerprint density at radius 2 is 2.12 bits per heavy atom. The van der Waals surface area contributed by atoms with E-state index in [-0.39, 0.29) is 5.91 Å². The van der Waals surface area contributed by atoms with Gasteiger partial charge in [0.15, 0.2) is 6.04 Å². The number of carbonyl (C=O) groups is 2. The van der Waals surface area contributed by atoms with Gasteiger partial charge in [0.05, 0.1) is 0 Å². The van der Waals surface area contributed by atoms with Crippen LogP contribution in [0.5, 0.6) is 0 Å². The van der Waals surface area contributed by atoms with Crippen molar-refractivity contribution in [3.8, 4) is 0 Å². The molecule has 1 N–H and O–H groups in total. The number of fused-ring (bicyclic) bond motifs is 1. The molecular weight excluding hydrogens is 218 g/mol. The molecule has 1 aliphatic rings. The van der Waals surface area contributed by atoms with E-state index in [0.29, 0.717) is 6.54 Å². The molecule has 0 aliphatic carbocycles. The first-order chi connectivity index (χ1) is 8.02. The van der Waals surface area contributed by atoms with Crippen LogP contribution in [0.2, 0.25) is 0 Å². The predicted octanol–water partition coefficient (Wildman–Crippen LogP) is 1.53. The number of carboxylic acids is 1. The molecule has 0 saturated heterocycles. The minimum absolute atomic E-state index is 0.190. The van der Waals surface area contributed by atoms with Gasteiger partial charge in [-0.05, 0) is 30.0 Å². The topological polar surface area (TPSA) is 57.6 Å². The largest absolute Gasteiger partial charge is 0.479 e. The molecule has 1 aliphatic heterocycles. The number of amides is 1. The summed E-state index contributed by atoms with van der Waals surface area (Å²) >= 11 is 0. The Kier molecular flexibility index (Phi) is 2.88. The molecule has 0 aromatic heterocycles. The van der Waals surface area contributed by atoms with Crippen LogP contribution in [0.3, 0.4) is 0 Å². The number of hydrogen-bond acceptors (Lipinski definition) is 2. The highest BCUT2D eigenvalue weighted by atomic mass is 16.4. The van der Waals surface area contributed by atoms with Crippen molar-refractivity contribution in [3.63, 3.8) is 0 Å². The smallest absolute Gasteiger partial charge is 0.331 e. The zero-order valence-corrected chi connectivity index (χ0v) is 9.93. The first-order valence-electron chi connectivity index (χ1n) is 5.60. The van der Waals surface area contributed by atoms with Crippen LogP contribution in [0.25, 0.3) is 0 Å². The van der Waals surface area contributed by atoms with E-state index in [1.165, 1.54) is 11.8 Å². The number of aryl methyl sites for hydroxylation is 1. The third-order valence-electron chi connectivity index (χ3n) is 3.29. The fourth-order valence-corrected chi connectivity index (χ4v) is 2.46. The molecule has 1 heterocycles. The second-order valence-corrected chi connectivity index (χ2v) is 4.35. The van der Waals surface area contributed by atoms with E-state index in [9.17, 15) is 14.7 Å². The molecule has 4 nitrogen and oxygen atoms in total. The average Bonchev–Trinajstić information content (AvgIpc) is 2.27. The maximum Gasteiger partial charge on any atom is 0.331 e. The van der Waals surface area contributed by atoms with E-state index in [4.69, 9.17) is 0 Å². The molecule has 0 bridgehead atoms. The lowest BCUT2D eigenvalue weighted by Crippen LogP contribution is -2.42. The summed E-state index contributed by atoms with van der Waals surface area (Å²) in [5, 5.41) is 9.30. The summed E-state index contributed by atoms with van der Waals surface area (Å²) in [6, 6.07) is 4.78. The number of carbonyl (C=O) groups excluding carboxylic acids is 1. The van der Waals surface area contributed by atoms with E-state index >= 15 is 0 Å². The summed E-state index contributed by atoms with van der Waals surface area (Å²) in [6.45, 7) is 3.86. The number of aliphatic carboxylic acids is 1. The Balaban J connectivity index is 2.53. The fraction of sp³-hybridized carbons (Fsp3) is 0.385. The Morgan fingerprint density at radius 3 is 2.71 bits per heavy atom. The quantitative estimate of drug-likeness (QED) is 0.800. The van der Waals surface area contributed by atoms with Gasteiger partial charge in [0.25, 0.3) is 0 Å². The van der Waals surface area contributed by atoms with Crippen molar-refractivity contribution in [2.24, 2.45) is 0 Å². The zero-order chi connectivity index (χ0) is 12.6. The van der Waals surface area contributed by atoms with Crippen LogP contribution in [0.15, 0.2) is 18.2 Å². The van der Waals surface area contributed by atoms with Crippen molar-refractivity contribution < 1.29 is 14.7 Å². The molecular formula is C13H15NO3. The summed E-state index contributed by atoms with van der Waals surface area (Å²) in [4.78, 5) is 24.2. The lowest BCUT2D eigenvalue weighted by Gasteiger charge is -2.34. The van der Waals surface area contributed by atoms with Gasteiger partial charge < -0.3 is 10.0 Å². The average molecular weight is 233 g/mol. The molecule has 4 heteroatoms. The van der Waals surface area contributed by atoms with E-state index in [1.54, 1.807) is 6.07 Å². The van der Waals surface area contributed by atoms with Crippen molar-refractivity contribution in [2.45, 2.75) is 26.3 Å². The van der Waals surface area contributed by atoms with E-state index < -0.39 is 12.0 Å². The third-order valence-corrected chi connectivity index (χ3v) is 3.29. The molecule has 0 spiro atoms. The molecule has 1 aromatic rings. The van der Waals surface area contributed by atoms with Crippen LogP contribution in [-0.4, -0.2) is 28.4 Å². The highest BCUT2D eigenvalue weighted by molar-refractivity contribution is 5.84. The highest BCUT2D eigenvalue weighted by Gasteiger charge is 2.34. The summed E-state index contributed by atoms with van der Waals surface area (Å²) in [5.41, 5.74) is 2.91. The van der Waals surface area contributed by atoms with Crippen LogP contribution < -0.4 is 0 Å².